The maximum absolute atomic E-state index is 13.4. The summed E-state index contributed by atoms with van der Waals surface area (Å²) in [5.41, 5.74) is 4.65. The van der Waals surface area contributed by atoms with E-state index in [1.54, 1.807) is 7.11 Å². The van der Waals surface area contributed by atoms with Gasteiger partial charge in [0.2, 0.25) is 5.91 Å². The summed E-state index contributed by atoms with van der Waals surface area (Å²) >= 11 is 3.51. The van der Waals surface area contributed by atoms with Crippen LogP contribution < -0.4 is 4.74 Å². The molecule has 2 fully saturated rings. The molecular formula is C27H29BrN2O4. The summed E-state index contributed by atoms with van der Waals surface area (Å²) in [4.78, 5) is 27.1. The molecule has 3 atom stereocenters. The van der Waals surface area contributed by atoms with Crippen LogP contribution in [-0.4, -0.2) is 41.2 Å². The SMILES string of the molecule is COc1ccc2c(c1)c(C1CC1C(=O)N1C(=O)OCC1C(C)C)c(C)n2Cc1ccc(Br)cc1. The van der Waals surface area contributed by atoms with E-state index in [-0.39, 0.29) is 36.3 Å². The number of benzene rings is 2. The van der Waals surface area contributed by atoms with Gasteiger partial charge in [0.15, 0.2) is 0 Å². The molecule has 1 saturated heterocycles. The van der Waals surface area contributed by atoms with Crippen LogP contribution in [0.2, 0.25) is 0 Å². The molecule has 0 radical (unpaired) electrons. The zero-order chi connectivity index (χ0) is 24.1. The van der Waals surface area contributed by atoms with Gasteiger partial charge in [-0.05, 0) is 66.6 Å². The van der Waals surface area contributed by atoms with E-state index in [0.717, 1.165) is 39.8 Å². The van der Waals surface area contributed by atoms with Gasteiger partial charge in [-0.25, -0.2) is 9.69 Å². The zero-order valence-corrected chi connectivity index (χ0v) is 21.5. The first kappa shape index (κ1) is 23.0. The number of hydrogen-bond acceptors (Lipinski definition) is 4. The van der Waals surface area contributed by atoms with Crippen molar-refractivity contribution in [2.45, 2.75) is 45.7 Å². The van der Waals surface area contributed by atoms with Crippen LogP contribution in [0, 0.1) is 18.8 Å². The van der Waals surface area contributed by atoms with Crippen LogP contribution in [0.15, 0.2) is 46.9 Å². The minimum Gasteiger partial charge on any atom is -0.497 e. The van der Waals surface area contributed by atoms with Crippen LogP contribution in [0.5, 0.6) is 5.75 Å². The van der Waals surface area contributed by atoms with Gasteiger partial charge in [0.25, 0.3) is 0 Å². The lowest BCUT2D eigenvalue weighted by Crippen LogP contribution is -2.42. The number of ether oxygens (including phenoxy) is 2. The van der Waals surface area contributed by atoms with Crippen molar-refractivity contribution in [3.05, 3.63) is 63.8 Å². The van der Waals surface area contributed by atoms with E-state index >= 15 is 0 Å². The van der Waals surface area contributed by atoms with Crippen molar-refractivity contribution in [1.29, 1.82) is 0 Å². The number of aromatic nitrogens is 1. The third kappa shape index (κ3) is 3.90. The number of fused-ring (bicyclic) bond motifs is 1. The molecule has 2 aliphatic rings. The van der Waals surface area contributed by atoms with Crippen LogP contribution >= 0.6 is 15.9 Å². The number of cyclic esters (lactones) is 1. The second kappa shape index (κ2) is 8.77. The predicted octanol–water partition coefficient (Wildman–Crippen LogP) is 5.88. The van der Waals surface area contributed by atoms with Gasteiger partial charge in [0.05, 0.1) is 13.2 Å². The summed E-state index contributed by atoms with van der Waals surface area (Å²) in [5, 5.41) is 1.11. The highest BCUT2D eigenvalue weighted by Crippen LogP contribution is 2.53. The highest BCUT2D eigenvalue weighted by molar-refractivity contribution is 9.10. The molecule has 3 unspecified atom stereocenters. The Balaban J connectivity index is 1.51. The van der Waals surface area contributed by atoms with E-state index < -0.39 is 6.09 Å². The van der Waals surface area contributed by atoms with Crippen LogP contribution in [0.1, 0.15) is 43.0 Å². The van der Waals surface area contributed by atoms with E-state index in [0.29, 0.717) is 0 Å². The van der Waals surface area contributed by atoms with Crippen molar-refractivity contribution in [1.82, 2.24) is 9.47 Å². The highest BCUT2D eigenvalue weighted by Gasteiger charge is 2.52. The summed E-state index contributed by atoms with van der Waals surface area (Å²) < 4.78 is 14.1. The smallest absolute Gasteiger partial charge is 0.416 e. The van der Waals surface area contributed by atoms with E-state index in [1.807, 2.05) is 19.9 Å². The van der Waals surface area contributed by atoms with Crippen molar-refractivity contribution in [2.75, 3.05) is 13.7 Å². The molecule has 2 aromatic carbocycles. The molecule has 178 valence electrons. The van der Waals surface area contributed by atoms with Crippen LogP contribution in [0.25, 0.3) is 10.9 Å². The summed E-state index contributed by atoms with van der Waals surface area (Å²) in [7, 11) is 1.67. The molecule has 0 bridgehead atoms. The first-order valence-corrected chi connectivity index (χ1v) is 12.5. The first-order valence-electron chi connectivity index (χ1n) is 11.7. The Kier molecular flexibility index (Phi) is 5.92. The van der Waals surface area contributed by atoms with E-state index in [1.165, 1.54) is 16.0 Å². The molecule has 1 aromatic heterocycles. The van der Waals surface area contributed by atoms with E-state index in [4.69, 9.17) is 9.47 Å². The third-order valence-corrected chi connectivity index (χ3v) is 7.75. The zero-order valence-electron chi connectivity index (χ0n) is 19.9. The monoisotopic (exact) mass is 524 g/mol. The van der Waals surface area contributed by atoms with Gasteiger partial charge in [-0.2, -0.15) is 0 Å². The van der Waals surface area contributed by atoms with Crippen molar-refractivity contribution in [3.63, 3.8) is 0 Å². The number of carbonyl (C=O) groups excluding carboxylic acids is 2. The van der Waals surface area contributed by atoms with Gasteiger partial charge >= 0.3 is 6.09 Å². The largest absolute Gasteiger partial charge is 0.497 e. The quantitative estimate of drug-likeness (QED) is 0.404. The van der Waals surface area contributed by atoms with Gasteiger partial charge in [0, 0.05) is 33.5 Å². The molecule has 3 aromatic rings. The number of methoxy groups -OCH3 is 1. The second-order valence-corrected chi connectivity index (χ2v) is 10.6. The maximum Gasteiger partial charge on any atom is 0.416 e. The third-order valence-electron chi connectivity index (χ3n) is 7.22. The van der Waals surface area contributed by atoms with E-state index in [9.17, 15) is 9.59 Å². The molecular weight excluding hydrogens is 496 g/mol. The van der Waals surface area contributed by atoms with Crippen molar-refractivity contribution in [3.8, 4) is 5.75 Å². The number of hydrogen-bond donors (Lipinski definition) is 0. The Labute approximate surface area is 207 Å². The fourth-order valence-corrected chi connectivity index (χ4v) is 5.47. The standard InChI is InChI=1S/C27H29BrN2O4/c1-15(2)24-14-34-27(32)30(24)26(31)21-12-20(21)25-16(3)29(13-17-5-7-18(28)8-6-17)23-10-9-19(33-4)11-22(23)25/h5-11,15,20-21,24H,12-14H2,1-4H3. The highest BCUT2D eigenvalue weighted by atomic mass is 79.9. The molecule has 0 spiro atoms. The summed E-state index contributed by atoms with van der Waals surface area (Å²) in [6.07, 6.45) is 0.230. The topological polar surface area (TPSA) is 60.8 Å². The summed E-state index contributed by atoms with van der Waals surface area (Å²) in [6, 6.07) is 14.3. The average Bonchev–Trinajstić information content (AvgIpc) is 3.43. The normalized spacial score (nSPS) is 21.9. The number of carbonyl (C=O) groups is 2. The minimum absolute atomic E-state index is 0.0782. The van der Waals surface area contributed by atoms with Crippen LogP contribution in [0.3, 0.4) is 0 Å². The average molecular weight is 525 g/mol. The molecule has 2 amide bonds. The number of amides is 2. The Morgan fingerprint density at radius 1 is 1.21 bits per heavy atom. The lowest BCUT2D eigenvalue weighted by molar-refractivity contribution is -0.131. The summed E-state index contributed by atoms with van der Waals surface area (Å²) in [5.74, 6) is 0.716. The fourth-order valence-electron chi connectivity index (χ4n) is 5.20. The lowest BCUT2D eigenvalue weighted by atomic mass is 10.0. The van der Waals surface area contributed by atoms with Crippen LogP contribution in [0.4, 0.5) is 4.79 Å². The van der Waals surface area contributed by atoms with Crippen molar-refractivity contribution in [2.24, 2.45) is 11.8 Å². The molecule has 6 nitrogen and oxygen atoms in total. The van der Waals surface area contributed by atoms with Crippen molar-refractivity contribution >= 4 is 38.8 Å². The molecule has 0 N–H and O–H groups in total. The van der Waals surface area contributed by atoms with Gasteiger partial charge in [0.1, 0.15) is 12.4 Å². The maximum atomic E-state index is 13.4. The summed E-state index contributed by atoms with van der Waals surface area (Å²) in [6.45, 7) is 7.18. The number of halogens is 1. The lowest BCUT2D eigenvalue weighted by Gasteiger charge is -2.22. The number of rotatable bonds is 6. The molecule has 1 aliphatic heterocycles. The second-order valence-electron chi connectivity index (χ2n) is 9.64. The van der Waals surface area contributed by atoms with Crippen LogP contribution in [-0.2, 0) is 16.1 Å². The fraction of sp³-hybridized carbons (Fsp3) is 0.407. The van der Waals surface area contributed by atoms with Crippen molar-refractivity contribution < 1.29 is 19.1 Å². The van der Waals surface area contributed by atoms with Gasteiger partial charge in [-0.1, -0.05) is 41.9 Å². The molecule has 5 rings (SSSR count). The Hall–Kier alpha value is -2.80. The van der Waals surface area contributed by atoms with Gasteiger partial charge in [-0.15, -0.1) is 0 Å². The molecule has 2 heterocycles. The molecule has 34 heavy (non-hydrogen) atoms. The Morgan fingerprint density at radius 2 is 1.94 bits per heavy atom. The van der Waals surface area contributed by atoms with Gasteiger partial charge in [-0.3, -0.25) is 4.79 Å². The van der Waals surface area contributed by atoms with Gasteiger partial charge < -0.3 is 14.0 Å². The number of nitrogens with zero attached hydrogens (tertiary/aromatic N) is 2. The molecule has 1 aliphatic carbocycles. The Morgan fingerprint density at radius 3 is 2.62 bits per heavy atom. The molecule has 7 heteroatoms. The minimum atomic E-state index is -0.509. The molecule has 1 saturated carbocycles. The van der Waals surface area contributed by atoms with E-state index in [2.05, 4.69) is 63.8 Å². The Bertz CT molecular complexity index is 1260. The predicted molar refractivity (Wildman–Crippen MR) is 134 cm³/mol. The number of imide groups is 1. The first-order chi connectivity index (χ1) is 16.3.